The molecule has 0 unspecified atom stereocenters. The molecule has 0 spiro atoms. The van der Waals surface area contributed by atoms with Crippen LogP contribution in [0.4, 0.5) is 0 Å². The Morgan fingerprint density at radius 3 is 2.38 bits per heavy atom. The van der Waals surface area contributed by atoms with Gasteiger partial charge in [0, 0.05) is 0 Å². The van der Waals surface area contributed by atoms with Crippen molar-refractivity contribution in [3.63, 3.8) is 0 Å². The van der Waals surface area contributed by atoms with Crippen molar-refractivity contribution in [2.24, 2.45) is 0 Å². The van der Waals surface area contributed by atoms with E-state index in [1.165, 1.54) is 0 Å². The predicted molar refractivity (Wildman–Crippen MR) is 29.1 cm³/mol. The van der Waals surface area contributed by atoms with Gasteiger partial charge in [-0.1, -0.05) is 12.5 Å². The number of rotatable bonds is 2. The zero-order chi connectivity index (χ0) is 6.57. The molecule has 0 aliphatic heterocycles. The van der Waals surface area contributed by atoms with Crippen molar-refractivity contribution in [3.05, 3.63) is 11.6 Å². The second-order valence-corrected chi connectivity index (χ2v) is 1.66. The number of aliphatic carboxylic acids is 1. The number of carboxylic acids is 1. The number of carbonyl (C=O) groups excluding carboxylic acids is 1. The highest BCUT2D eigenvalue weighted by Crippen LogP contribution is 1.94. The van der Waals surface area contributed by atoms with E-state index in [1.807, 2.05) is 6.92 Å². The minimum Gasteiger partial charge on any atom is -0.545 e. The van der Waals surface area contributed by atoms with Gasteiger partial charge in [0.15, 0.2) is 0 Å². The molecule has 0 saturated heterocycles. The van der Waals surface area contributed by atoms with Crippen LogP contribution in [0.2, 0.25) is 0 Å². The summed E-state index contributed by atoms with van der Waals surface area (Å²) in [6.45, 7) is 3.66. The summed E-state index contributed by atoms with van der Waals surface area (Å²) in [4.78, 5) is 9.78. The van der Waals surface area contributed by atoms with Crippen LogP contribution in [0.3, 0.4) is 0 Å². The molecule has 0 N–H and O–H groups in total. The lowest BCUT2D eigenvalue weighted by Crippen LogP contribution is -2.19. The first-order valence-electron chi connectivity index (χ1n) is 2.55. The van der Waals surface area contributed by atoms with Crippen molar-refractivity contribution >= 4 is 5.97 Å². The summed E-state index contributed by atoms with van der Waals surface area (Å²) in [5.41, 5.74) is 0.838. The van der Waals surface area contributed by atoms with E-state index >= 15 is 0 Å². The minimum atomic E-state index is -1.11. The largest absolute Gasteiger partial charge is 0.545 e. The van der Waals surface area contributed by atoms with Gasteiger partial charge in [0.2, 0.25) is 0 Å². The first kappa shape index (κ1) is 7.21. The number of carboxylic acid groups (broad SMARTS) is 1. The highest BCUT2D eigenvalue weighted by atomic mass is 16.4. The van der Waals surface area contributed by atoms with E-state index in [1.54, 1.807) is 6.92 Å². The summed E-state index contributed by atoms with van der Waals surface area (Å²) in [6, 6.07) is 0. The van der Waals surface area contributed by atoms with Gasteiger partial charge < -0.3 is 9.90 Å². The topological polar surface area (TPSA) is 40.1 Å². The van der Waals surface area contributed by atoms with Crippen molar-refractivity contribution < 1.29 is 9.90 Å². The maximum atomic E-state index is 9.78. The third kappa shape index (κ3) is 3.40. The van der Waals surface area contributed by atoms with Gasteiger partial charge in [-0.3, -0.25) is 0 Å². The molecule has 0 aromatic rings. The van der Waals surface area contributed by atoms with Crippen LogP contribution in [0.15, 0.2) is 11.6 Å². The number of allylic oxidation sites excluding steroid dienone is 1. The molecule has 0 radical (unpaired) electrons. The number of hydrogen-bond donors (Lipinski definition) is 0. The molecule has 0 aromatic heterocycles. The molecule has 0 heterocycles. The fourth-order valence-electron chi connectivity index (χ4n) is 0.303. The van der Waals surface area contributed by atoms with Gasteiger partial charge in [0.1, 0.15) is 0 Å². The molecule has 2 heteroatoms. The Labute approximate surface area is 48.8 Å². The van der Waals surface area contributed by atoms with Gasteiger partial charge >= 0.3 is 0 Å². The highest BCUT2D eigenvalue weighted by molar-refractivity contribution is 5.78. The van der Waals surface area contributed by atoms with Crippen molar-refractivity contribution in [2.75, 3.05) is 0 Å². The van der Waals surface area contributed by atoms with E-state index in [0.29, 0.717) is 0 Å². The molecule has 0 fully saturated rings. The molecule has 0 bridgehead atoms. The summed E-state index contributed by atoms with van der Waals surface area (Å²) >= 11 is 0. The van der Waals surface area contributed by atoms with Crippen molar-refractivity contribution in [3.8, 4) is 0 Å². The van der Waals surface area contributed by atoms with Gasteiger partial charge in [0.25, 0.3) is 0 Å². The molecule has 0 atom stereocenters. The molecule has 46 valence electrons. The minimum absolute atomic E-state index is 0.772. The quantitative estimate of drug-likeness (QED) is 0.476. The van der Waals surface area contributed by atoms with Gasteiger partial charge in [-0.15, -0.1) is 0 Å². The Morgan fingerprint density at radius 2 is 2.25 bits per heavy atom. The van der Waals surface area contributed by atoms with Crippen LogP contribution in [0.5, 0.6) is 0 Å². The van der Waals surface area contributed by atoms with Gasteiger partial charge in [-0.2, -0.15) is 0 Å². The SMILES string of the molecule is CC/C(C)=C/C(=O)[O-]. The second-order valence-electron chi connectivity index (χ2n) is 1.66. The first-order chi connectivity index (χ1) is 3.66. The lowest BCUT2D eigenvalue weighted by molar-refractivity contribution is -0.297. The Bertz CT molecular complexity index is 114. The Hall–Kier alpha value is -0.790. The predicted octanol–water partition coefficient (Wildman–Crippen LogP) is 0.0926. The van der Waals surface area contributed by atoms with Crippen LogP contribution in [0.1, 0.15) is 20.3 Å². The molecule has 0 rings (SSSR count). The van der Waals surface area contributed by atoms with E-state index in [-0.39, 0.29) is 0 Å². The maximum absolute atomic E-state index is 9.78. The number of carbonyl (C=O) groups is 1. The van der Waals surface area contributed by atoms with Crippen LogP contribution in [0.25, 0.3) is 0 Å². The standard InChI is InChI=1S/C6H10O2/c1-3-5(2)4-6(7)8/h4H,3H2,1-2H3,(H,7,8)/p-1/b5-4+. The summed E-state index contributed by atoms with van der Waals surface area (Å²) in [6.07, 6.45) is 1.88. The van der Waals surface area contributed by atoms with Crippen molar-refractivity contribution in [2.45, 2.75) is 20.3 Å². The first-order valence-corrected chi connectivity index (χ1v) is 2.55. The van der Waals surface area contributed by atoms with E-state index in [0.717, 1.165) is 18.1 Å². The fourth-order valence-corrected chi connectivity index (χ4v) is 0.303. The Kier molecular flexibility index (Phi) is 2.92. The normalized spacial score (nSPS) is 11.5. The lowest BCUT2D eigenvalue weighted by Gasteiger charge is -1.94. The highest BCUT2D eigenvalue weighted by Gasteiger charge is 1.80. The maximum Gasteiger partial charge on any atom is 0.0642 e. The molecule has 0 aliphatic rings. The Balaban J connectivity index is 3.75. The molecule has 0 amide bonds. The van der Waals surface area contributed by atoms with E-state index in [4.69, 9.17) is 0 Å². The number of hydrogen-bond acceptors (Lipinski definition) is 2. The Morgan fingerprint density at radius 1 is 1.75 bits per heavy atom. The van der Waals surface area contributed by atoms with Crippen molar-refractivity contribution in [1.29, 1.82) is 0 Å². The smallest absolute Gasteiger partial charge is 0.0642 e. The molecule has 8 heavy (non-hydrogen) atoms. The molecular weight excluding hydrogens is 104 g/mol. The van der Waals surface area contributed by atoms with Crippen LogP contribution >= 0.6 is 0 Å². The van der Waals surface area contributed by atoms with E-state index < -0.39 is 5.97 Å². The zero-order valence-electron chi connectivity index (χ0n) is 5.10. The lowest BCUT2D eigenvalue weighted by atomic mass is 10.2. The fraction of sp³-hybridized carbons (Fsp3) is 0.500. The summed E-state index contributed by atoms with van der Waals surface area (Å²) < 4.78 is 0. The van der Waals surface area contributed by atoms with E-state index in [2.05, 4.69) is 0 Å². The summed E-state index contributed by atoms with van der Waals surface area (Å²) in [5.74, 6) is -1.11. The summed E-state index contributed by atoms with van der Waals surface area (Å²) in [7, 11) is 0. The third-order valence-electron chi connectivity index (χ3n) is 0.922. The van der Waals surface area contributed by atoms with Gasteiger partial charge in [-0.25, -0.2) is 0 Å². The average molecular weight is 113 g/mol. The van der Waals surface area contributed by atoms with Gasteiger partial charge in [-0.05, 0) is 19.4 Å². The van der Waals surface area contributed by atoms with E-state index in [9.17, 15) is 9.90 Å². The van der Waals surface area contributed by atoms with Crippen LogP contribution in [0, 0.1) is 0 Å². The molecule has 0 aromatic carbocycles. The molecule has 0 aliphatic carbocycles. The van der Waals surface area contributed by atoms with Crippen LogP contribution in [-0.2, 0) is 4.79 Å². The van der Waals surface area contributed by atoms with Crippen LogP contribution in [-0.4, -0.2) is 5.97 Å². The summed E-state index contributed by atoms with van der Waals surface area (Å²) in [5, 5.41) is 9.78. The molecule has 0 saturated carbocycles. The monoisotopic (exact) mass is 113 g/mol. The van der Waals surface area contributed by atoms with Crippen LogP contribution < -0.4 is 5.11 Å². The second kappa shape index (κ2) is 3.24. The molecular formula is C6H9O2-. The molecule has 2 nitrogen and oxygen atoms in total. The third-order valence-corrected chi connectivity index (χ3v) is 0.922. The van der Waals surface area contributed by atoms with Crippen molar-refractivity contribution in [1.82, 2.24) is 0 Å². The zero-order valence-corrected chi connectivity index (χ0v) is 5.10. The average Bonchev–Trinajstić information content (AvgIpc) is 1.65. The van der Waals surface area contributed by atoms with Gasteiger partial charge in [0.05, 0.1) is 5.97 Å².